The van der Waals surface area contributed by atoms with Crippen molar-refractivity contribution in [3.63, 3.8) is 0 Å². The number of methoxy groups -OCH3 is 1. The van der Waals surface area contributed by atoms with Gasteiger partial charge >= 0.3 is 0 Å². The van der Waals surface area contributed by atoms with Gasteiger partial charge in [0.25, 0.3) is 0 Å². The van der Waals surface area contributed by atoms with Gasteiger partial charge in [-0.3, -0.25) is 14.5 Å². The summed E-state index contributed by atoms with van der Waals surface area (Å²) in [7, 11) is 1.63. The smallest absolute Gasteiger partial charge is 0.243 e. The van der Waals surface area contributed by atoms with Crippen LogP contribution in [0.5, 0.6) is 5.75 Å². The third kappa shape index (κ3) is 4.85. The largest absolute Gasteiger partial charge is 0.497 e. The summed E-state index contributed by atoms with van der Waals surface area (Å²) in [6.45, 7) is 3.01. The molecule has 0 bridgehead atoms. The number of hydrogen-bond donors (Lipinski definition) is 0. The maximum absolute atomic E-state index is 12.5. The van der Waals surface area contributed by atoms with E-state index < -0.39 is 0 Å². The van der Waals surface area contributed by atoms with Crippen molar-refractivity contribution in [2.24, 2.45) is 0 Å². The van der Waals surface area contributed by atoms with E-state index in [2.05, 4.69) is 11.9 Å². The molecule has 1 fully saturated rings. The molecule has 2 aromatic heterocycles. The second kappa shape index (κ2) is 9.99. The fourth-order valence-corrected chi connectivity index (χ4v) is 4.59. The van der Waals surface area contributed by atoms with Gasteiger partial charge < -0.3 is 9.15 Å². The third-order valence-electron chi connectivity index (χ3n) is 5.33. The second-order valence-corrected chi connectivity index (χ2v) is 8.84. The average Bonchev–Trinajstić information content (AvgIpc) is 3.42. The number of oxazole rings is 1. The number of benzene rings is 1. The number of carbonyl (C=O) groups excluding carboxylic acids is 2. The van der Waals surface area contributed by atoms with E-state index in [4.69, 9.17) is 9.15 Å². The molecule has 166 valence electrons. The Bertz CT molecular complexity index is 1080. The van der Waals surface area contributed by atoms with Gasteiger partial charge in [-0.2, -0.15) is 0 Å². The van der Waals surface area contributed by atoms with Crippen LogP contribution in [0.3, 0.4) is 0 Å². The van der Waals surface area contributed by atoms with Gasteiger partial charge in [0.15, 0.2) is 24.7 Å². The molecule has 0 spiro atoms. The van der Waals surface area contributed by atoms with Crippen LogP contribution >= 0.6 is 11.8 Å². The van der Waals surface area contributed by atoms with E-state index in [1.165, 1.54) is 4.90 Å². The average molecular weight is 453 g/mol. The summed E-state index contributed by atoms with van der Waals surface area (Å²) >= 11 is 1.58. The van der Waals surface area contributed by atoms with Crippen LogP contribution in [-0.4, -0.2) is 46.4 Å². The van der Waals surface area contributed by atoms with E-state index in [1.807, 2.05) is 53.4 Å². The lowest BCUT2D eigenvalue weighted by atomic mass is 10.2. The van der Waals surface area contributed by atoms with E-state index in [9.17, 15) is 9.59 Å². The fourth-order valence-electron chi connectivity index (χ4n) is 3.54. The number of thioether (sulfide) groups is 1. The first-order valence-corrected chi connectivity index (χ1v) is 11.7. The Morgan fingerprint density at radius 1 is 1.16 bits per heavy atom. The van der Waals surface area contributed by atoms with E-state index >= 15 is 0 Å². The van der Waals surface area contributed by atoms with Crippen molar-refractivity contribution < 1.29 is 23.3 Å². The summed E-state index contributed by atoms with van der Waals surface area (Å²) in [5.74, 6) is 2.76. The van der Waals surface area contributed by atoms with E-state index in [1.54, 1.807) is 25.1 Å². The molecular weight excluding hydrogens is 426 g/mol. The normalized spacial score (nSPS) is 16.1. The zero-order valence-electron chi connectivity index (χ0n) is 18.2. The number of hydrogen-bond acceptors (Lipinski definition) is 6. The molecule has 1 aliphatic rings. The summed E-state index contributed by atoms with van der Waals surface area (Å²) in [5.41, 5.74) is 1.77. The zero-order chi connectivity index (χ0) is 22.5. The lowest BCUT2D eigenvalue weighted by Gasteiger charge is -2.12. The third-order valence-corrected chi connectivity index (χ3v) is 6.74. The Morgan fingerprint density at radius 3 is 2.59 bits per heavy atom. The molecule has 32 heavy (non-hydrogen) atoms. The summed E-state index contributed by atoms with van der Waals surface area (Å²) < 4.78 is 13.1. The summed E-state index contributed by atoms with van der Waals surface area (Å²) in [5, 5.41) is -0.221. The maximum Gasteiger partial charge on any atom is 0.243 e. The Balaban J connectivity index is 1.37. The van der Waals surface area contributed by atoms with E-state index in [0.717, 1.165) is 29.1 Å². The Kier molecular flexibility index (Phi) is 6.90. The molecule has 1 atom stereocenters. The molecule has 1 unspecified atom stereocenters. The first-order chi connectivity index (χ1) is 15.6. The number of carbonyl (C=O) groups is 2. The number of amides is 2. The van der Waals surface area contributed by atoms with Crippen LogP contribution in [0.15, 0.2) is 59.4 Å². The van der Waals surface area contributed by atoms with Gasteiger partial charge in [0.05, 0.1) is 25.1 Å². The number of ether oxygens (including phenoxy) is 1. The first-order valence-electron chi connectivity index (χ1n) is 10.6. The van der Waals surface area contributed by atoms with Gasteiger partial charge in [0.2, 0.25) is 17.7 Å². The number of aromatic nitrogens is 2. The lowest BCUT2D eigenvalue weighted by Crippen LogP contribution is -2.42. The van der Waals surface area contributed by atoms with Crippen molar-refractivity contribution in [1.29, 1.82) is 0 Å². The van der Waals surface area contributed by atoms with Crippen molar-refractivity contribution in [3.05, 3.63) is 55.0 Å². The van der Waals surface area contributed by atoms with Crippen LogP contribution in [0.25, 0.3) is 22.8 Å². The first kappa shape index (κ1) is 22.1. The molecule has 0 aliphatic carbocycles. The summed E-state index contributed by atoms with van der Waals surface area (Å²) in [6.07, 6.45) is 6.85. The molecule has 3 aromatic rings. The minimum absolute atomic E-state index is 0.0570. The molecule has 8 heteroatoms. The zero-order valence-corrected chi connectivity index (χ0v) is 19.0. The van der Waals surface area contributed by atoms with Gasteiger partial charge in [-0.1, -0.05) is 6.92 Å². The number of nitrogens with zero attached hydrogens (tertiary/aromatic N) is 3. The Labute approximate surface area is 191 Å². The quantitative estimate of drug-likeness (QED) is 0.365. The summed E-state index contributed by atoms with van der Waals surface area (Å²) in [4.78, 5) is 30.5. The highest BCUT2D eigenvalue weighted by molar-refractivity contribution is 8.00. The standard InChI is InChI=1S/C24H26N3O4S/c1-3-14-32-21-15-22(28)27(24(21)29)13-12-26-10-8-17(9-11-26)20-16-25-23(31-20)18-4-6-19(30-2)7-5-18/h4-11,16,21H,3,12-15H2,1-2H3/q+1. The Morgan fingerprint density at radius 2 is 1.91 bits per heavy atom. The van der Waals surface area contributed by atoms with Crippen LogP contribution in [0.4, 0.5) is 0 Å². The lowest BCUT2D eigenvalue weighted by molar-refractivity contribution is -0.695. The molecule has 3 heterocycles. The van der Waals surface area contributed by atoms with E-state index in [-0.39, 0.29) is 17.1 Å². The molecule has 0 radical (unpaired) electrons. The number of rotatable bonds is 9. The van der Waals surface area contributed by atoms with Crippen molar-refractivity contribution in [2.75, 3.05) is 19.4 Å². The topological polar surface area (TPSA) is 76.5 Å². The molecule has 4 rings (SSSR count). The summed E-state index contributed by atoms with van der Waals surface area (Å²) in [6, 6.07) is 11.4. The SMILES string of the molecule is CCCSC1CC(=O)N(CC[n+]2ccc(-c3cnc(-c4ccc(OC)cc4)o3)cc2)C1=O. The maximum atomic E-state index is 12.5. The van der Waals surface area contributed by atoms with Crippen LogP contribution in [0, 0.1) is 0 Å². The van der Waals surface area contributed by atoms with Gasteiger partial charge in [-0.25, -0.2) is 9.55 Å². The molecule has 1 aliphatic heterocycles. The highest BCUT2D eigenvalue weighted by Crippen LogP contribution is 2.27. The molecule has 7 nitrogen and oxygen atoms in total. The minimum Gasteiger partial charge on any atom is -0.497 e. The molecule has 0 saturated carbocycles. The Hall–Kier alpha value is -3.13. The van der Waals surface area contributed by atoms with Crippen molar-refractivity contribution in [3.8, 4) is 28.5 Å². The predicted molar refractivity (Wildman–Crippen MR) is 122 cm³/mol. The van der Waals surface area contributed by atoms with Gasteiger partial charge in [0.1, 0.15) is 5.75 Å². The van der Waals surface area contributed by atoms with Crippen molar-refractivity contribution in [2.45, 2.75) is 31.6 Å². The molecule has 1 saturated heterocycles. The number of likely N-dealkylation sites (tertiary alicyclic amines) is 1. The molecular formula is C24H26N3O4S+. The van der Waals surface area contributed by atoms with Gasteiger partial charge in [0, 0.05) is 29.7 Å². The molecule has 2 amide bonds. The van der Waals surface area contributed by atoms with E-state index in [0.29, 0.717) is 31.2 Å². The number of pyridine rings is 1. The van der Waals surface area contributed by atoms with Gasteiger partial charge in [-0.05, 0) is 36.4 Å². The van der Waals surface area contributed by atoms with Gasteiger partial charge in [-0.15, -0.1) is 11.8 Å². The van der Waals surface area contributed by atoms with Crippen LogP contribution in [-0.2, 0) is 16.1 Å². The highest BCUT2D eigenvalue weighted by atomic mass is 32.2. The minimum atomic E-state index is -0.221. The highest BCUT2D eigenvalue weighted by Gasteiger charge is 2.38. The number of imide groups is 1. The molecule has 1 aromatic carbocycles. The molecule has 0 N–H and O–H groups in total. The van der Waals surface area contributed by atoms with Crippen LogP contribution in [0.1, 0.15) is 19.8 Å². The van der Waals surface area contributed by atoms with Crippen molar-refractivity contribution in [1.82, 2.24) is 9.88 Å². The van der Waals surface area contributed by atoms with Crippen LogP contribution in [0.2, 0.25) is 0 Å². The monoisotopic (exact) mass is 452 g/mol. The predicted octanol–water partition coefficient (Wildman–Crippen LogP) is 3.58. The second-order valence-electron chi connectivity index (χ2n) is 7.53. The van der Waals surface area contributed by atoms with Crippen LogP contribution < -0.4 is 9.30 Å². The fraction of sp³-hybridized carbons (Fsp3) is 0.333. The van der Waals surface area contributed by atoms with Crippen molar-refractivity contribution >= 4 is 23.6 Å².